The van der Waals surface area contributed by atoms with Crippen LogP contribution in [-0.2, 0) is 0 Å². The summed E-state index contributed by atoms with van der Waals surface area (Å²) in [5.41, 5.74) is 0. The Bertz CT molecular complexity index is 366. The summed E-state index contributed by atoms with van der Waals surface area (Å²) in [6.45, 7) is 18.8. The Morgan fingerprint density at radius 3 is 0.694 bits per heavy atom. The fraction of sp³-hybridized carbons (Fsp3) is 1.00. The average Bonchev–Trinajstić information content (AvgIpc) is 2.90. The molecule has 0 bridgehead atoms. The van der Waals surface area contributed by atoms with E-state index in [4.69, 9.17) is 0 Å². The Labute approximate surface area is 252 Å². The van der Waals surface area contributed by atoms with Crippen LogP contribution in [0.25, 0.3) is 0 Å². The average molecular weight is 726 g/mol. The van der Waals surface area contributed by atoms with Crippen LogP contribution in [0.5, 0.6) is 0 Å². The first kappa shape index (κ1) is 40.2. The molecule has 0 aliphatic heterocycles. The molecule has 0 aliphatic carbocycles. The third-order valence-electron chi connectivity index (χ3n) is 8.56. The van der Waals surface area contributed by atoms with Crippen LogP contribution in [-0.4, -0.2) is 49.3 Å². The van der Waals surface area contributed by atoms with Gasteiger partial charge in [-0.25, -0.2) is 0 Å². The second-order valence-electron chi connectivity index (χ2n) is 12.3. The third-order valence-corrected chi connectivity index (χ3v) is 30.1. The Kier molecular flexibility index (Phi) is 25.4. The van der Waals surface area contributed by atoms with Crippen molar-refractivity contribution in [2.24, 2.45) is 0 Å². The van der Waals surface area contributed by atoms with Crippen LogP contribution in [0.4, 0.5) is 0 Å². The van der Waals surface area contributed by atoms with Gasteiger partial charge in [-0.2, -0.15) is 0 Å². The van der Waals surface area contributed by atoms with Crippen molar-refractivity contribution < 1.29 is 0 Å². The molecule has 0 heterocycles. The summed E-state index contributed by atoms with van der Waals surface area (Å²) in [5.74, 6) is 0. The van der Waals surface area contributed by atoms with Crippen molar-refractivity contribution in [3.05, 3.63) is 0 Å². The van der Waals surface area contributed by atoms with E-state index < -0.39 is 9.55 Å². The van der Waals surface area contributed by atoms with Crippen molar-refractivity contribution in [1.82, 2.24) is 0 Å². The molecule has 0 N–H and O–H groups in total. The van der Waals surface area contributed by atoms with Gasteiger partial charge in [0.2, 0.25) is 0 Å². The van der Waals surface area contributed by atoms with E-state index in [9.17, 15) is 0 Å². The van der Waals surface area contributed by atoms with Crippen molar-refractivity contribution in [2.75, 3.05) is 49.3 Å². The van der Waals surface area contributed by atoms with Gasteiger partial charge in [0.25, 0.3) is 0 Å². The summed E-state index contributed by atoms with van der Waals surface area (Å²) < 4.78 is -1.39. The zero-order chi connectivity index (χ0) is 27.9. The topological polar surface area (TPSA) is 0 Å². The number of rotatable bonds is 24. The zero-order valence-corrected chi connectivity index (χ0v) is 32.2. The molecule has 0 nitrogen and oxygen atoms in total. The van der Waals surface area contributed by atoms with Gasteiger partial charge < -0.3 is 0 Å². The van der Waals surface area contributed by atoms with Gasteiger partial charge in [-0.1, -0.05) is 0 Å². The SMILES string of the molecule is CCCCP(Br)(CCCC)(CCCC)CCCC.CCCCP(I)(CCCC)(CCCC)CCCC. The number of unbranched alkanes of at least 4 members (excludes halogenated alkanes) is 8. The molecule has 0 unspecified atom stereocenters. The first-order valence-electron chi connectivity index (χ1n) is 16.5. The minimum atomic E-state index is -1.55. The van der Waals surface area contributed by atoms with E-state index in [0.29, 0.717) is 0 Å². The second kappa shape index (κ2) is 22.7. The first-order chi connectivity index (χ1) is 17.1. The zero-order valence-electron chi connectivity index (χ0n) is 26.6. The van der Waals surface area contributed by atoms with E-state index in [-0.39, 0.29) is 0 Å². The molecule has 224 valence electrons. The van der Waals surface area contributed by atoms with Gasteiger partial charge >= 0.3 is 255 Å². The predicted molar refractivity (Wildman–Crippen MR) is 195 cm³/mol. The van der Waals surface area contributed by atoms with Crippen molar-refractivity contribution >= 4 is 47.1 Å². The van der Waals surface area contributed by atoms with Gasteiger partial charge in [-0.15, -0.1) is 0 Å². The molecule has 0 spiro atoms. The van der Waals surface area contributed by atoms with Crippen LogP contribution in [0.15, 0.2) is 0 Å². The monoisotopic (exact) mass is 724 g/mol. The molecule has 0 rings (SSSR count). The van der Waals surface area contributed by atoms with Crippen LogP contribution < -0.4 is 0 Å². The van der Waals surface area contributed by atoms with Gasteiger partial charge in [0.15, 0.2) is 0 Å². The molecule has 0 atom stereocenters. The standard InChI is InChI=1S/C16H36BrP.C16H36IP/c2*1-5-9-13-18(17,14-10-6-2,15-11-7-3)16-12-8-4/h2*5-16H2,1-4H3. The van der Waals surface area contributed by atoms with Crippen LogP contribution in [0.1, 0.15) is 158 Å². The van der Waals surface area contributed by atoms with Gasteiger partial charge in [-0.05, 0) is 0 Å². The predicted octanol–water partition coefficient (Wildman–Crippen LogP) is 14.1. The van der Waals surface area contributed by atoms with Crippen molar-refractivity contribution in [3.8, 4) is 0 Å². The summed E-state index contributed by atoms with van der Waals surface area (Å²) in [4.78, 5) is 0. The molecule has 0 fully saturated rings. The van der Waals surface area contributed by atoms with Crippen molar-refractivity contribution in [2.45, 2.75) is 158 Å². The molecule has 0 aliphatic rings. The van der Waals surface area contributed by atoms with E-state index >= 15 is 0 Å². The summed E-state index contributed by atoms with van der Waals surface area (Å²) in [7, 11) is 0. The Hall–Kier alpha value is 2.07. The van der Waals surface area contributed by atoms with E-state index in [1.54, 1.807) is 24.6 Å². The Morgan fingerprint density at radius 2 is 0.528 bits per heavy atom. The van der Waals surface area contributed by atoms with E-state index in [2.05, 4.69) is 92.9 Å². The van der Waals surface area contributed by atoms with Gasteiger partial charge in [0.1, 0.15) is 0 Å². The summed E-state index contributed by atoms with van der Waals surface area (Å²) in [6, 6.07) is 0. The third kappa shape index (κ3) is 17.7. The summed E-state index contributed by atoms with van der Waals surface area (Å²) in [6.07, 6.45) is 34.8. The maximum absolute atomic E-state index is 4.43. The second-order valence-corrected chi connectivity index (χ2v) is 37.3. The molecule has 0 aromatic heterocycles. The normalized spacial score (nSPS) is 14.4. The number of hydrogen-bond donors (Lipinski definition) is 0. The Balaban J connectivity index is 0. The van der Waals surface area contributed by atoms with Crippen LogP contribution >= 0.6 is 47.1 Å². The van der Waals surface area contributed by atoms with Crippen LogP contribution in [0.3, 0.4) is 0 Å². The van der Waals surface area contributed by atoms with E-state index in [1.807, 2.05) is 0 Å². The first-order valence-corrected chi connectivity index (χ1v) is 27.3. The molecule has 0 saturated carbocycles. The summed E-state index contributed by atoms with van der Waals surface area (Å²) >= 11 is 7.46. The molecule has 36 heavy (non-hydrogen) atoms. The van der Waals surface area contributed by atoms with E-state index in [0.717, 1.165) is 0 Å². The minimum absolute atomic E-state index is 1.36. The van der Waals surface area contributed by atoms with Gasteiger partial charge in [0.05, 0.1) is 0 Å². The number of halogens is 2. The fourth-order valence-corrected chi connectivity index (χ4v) is 24.4. The molecule has 0 aromatic rings. The van der Waals surface area contributed by atoms with Gasteiger partial charge in [-0.3, -0.25) is 0 Å². The molecule has 0 saturated heterocycles. The maximum atomic E-state index is 4.43. The number of hydrogen-bond acceptors (Lipinski definition) is 0. The van der Waals surface area contributed by atoms with Crippen LogP contribution in [0, 0.1) is 0 Å². The van der Waals surface area contributed by atoms with Gasteiger partial charge in [0, 0.05) is 0 Å². The van der Waals surface area contributed by atoms with Crippen molar-refractivity contribution in [3.63, 3.8) is 0 Å². The quantitative estimate of drug-likeness (QED) is 0.0687. The summed E-state index contributed by atoms with van der Waals surface area (Å²) in [5, 5.41) is -1.55. The molecule has 0 aromatic carbocycles. The fourth-order valence-electron chi connectivity index (χ4n) is 5.77. The molecule has 0 radical (unpaired) electrons. The molecular weight excluding hydrogens is 653 g/mol. The Morgan fingerprint density at radius 1 is 0.361 bits per heavy atom. The molecule has 0 amide bonds. The molecule has 4 heteroatoms. The van der Waals surface area contributed by atoms with Crippen LogP contribution in [0.2, 0.25) is 0 Å². The van der Waals surface area contributed by atoms with E-state index in [1.165, 1.54) is 127 Å². The molecular formula is C32H72BrIP2. The van der Waals surface area contributed by atoms with Crippen molar-refractivity contribution in [1.29, 1.82) is 0 Å².